The van der Waals surface area contributed by atoms with Crippen LogP contribution in [-0.4, -0.2) is 60.6 Å². The van der Waals surface area contributed by atoms with Gasteiger partial charge in [0.05, 0.1) is 50.6 Å². The third-order valence-electron chi connectivity index (χ3n) is 5.60. The summed E-state index contributed by atoms with van der Waals surface area (Å²) in [7, 11) is 0. The van der Waals surface area contributed by atoms with E-state index in [1.54, 1.807) is 0 Å². The Labute approximate surface area is 130 Å². The quantitative estimate of drug-likeness (QED) is 0.818. The van der Waals surface area contributed by atoms with Crippen LogP contribution in [0.1, 0.15) is 25.7 Å². The molecule has 4 atom stereocenters. The van der Waals surface area contributed by atoms with Crippen molar-refractivity contribution >= 4 is 11.8 Å². The summed E-state index contributed by atoms with van der Waals surface area (Å²) in [4.78, 5) is 14.4. The number of morpholine rings is 2. The maximum absolute atomic E-state index is 5.69. The van der Waals surface area contributed by atoms with Crippen LogP contribution in [0.4, 0.5) is 11.8 Å². The highest BCUT2D eigenvalue weighted by Gasteiger charge is 2.41. The molecule has 5 rings (SSSR count). The predicted molar refractivity (Wildman–Crippen MR) is 82.2 cm³/mol. The molecule has 4 aliphatic heterocycles. The van der Waals surface area contributed by atoms with E-state index in [4.69, 9.17) is 14.5 Å². The minimum atomic E-state index is 0.454. The first-order valence-corrected chi connectivity index (χ1v) is 8.45. The van der Waals surface area contributed by atoms with Crippen LogP contribution in [0.5, 0.6) is 0 Å². The van der Waals surface area contributed by atoms with E-state index in [9.17, 15) is 0 Å². The van der Waals surface area contributed by atoms with Gasteiger partial charge in [0.1, 0.15) is 5.82 Å². The molecule has 4 bridgehead atoms. The summed E-state index contributed by atoms with van der Waals surface area (Å²) >= 11 is 0. The normalized spacial score (nSPS) is 36.9. The Balaban J connectivity index is 1.46. The minimum Gasteiger partial charge on any atom is -0.377 e. The van der Waals surface area contributed by atoms with Crippen LogP contribution in [0.15, 0.2) is 12.3 Å². The van der Waals surface area contributed by atoms with Gasteiger partial charge in [-0.3, -0.25) is 0 Å². The number of hydrogen-bond donors (Lipinski definition) is 0. The summed E-state index contributed by atoms with van der Waals surface area (Å²) < 4.78 is 11.4. The largest absolute Gasteiger partial charge is 0.377 e. The zero-order valence-electron chi connectivity index (χ0n) is 12.7. The Bertz CT molecular complexity index is 492. The predicted octanol–water partition coefficient (Wildman–Crippen LogP) is 1.21. The molecule has 0 radical (unpaired) electrons. The smallest absolute Gasteiger partial charge is 0.227 e. The van der Waals surface area contributed by atoms with E-state index in [2.05, 4.69) is 20.9 Å². The van der Waals surface area contributed by atoms with Crippen molar-refractivity contribution in [3.8, 4) is 0 Å². The second-order valence-electron chi connectivity index (χ2n) is 6.87. The monoisotopic (exact) mass is 302 g/mol. The molecule has 4 aliphatic rings. The van der Waals surface area contributed by atoms with Gasteiger partial charge in [0.25, 0.3) is 0 Å². The van der Waals surface area contributed by atoms with Crippen LogP contribution < -0.4 is 9.80 Å². The second kappa shape index (κ2) is 5.06. The highest BCUT2D eigenvalue weighted by molar-refractivity contribution is 5.49. The van der Waals surface area contributed by atoms with E-state index in [0.29, 0.717) is 24.2 Å². The maximum Gasteiger partial charge on any atom is 0.227 e. The van der Waals surface area contributed by atoms with Crippen molar-refractivity contribution in [2.24, 2.45) is 0 Å². The van der Waals surface area contributed by atoms with Crippen molar-refractivity contribution in [2.45, 2.75) is 49.9 Å². The third-order valence-corrected chi connectivity index (χ3v) is 5.60. The van der Waals surface area contributed by atoms with Crippen LogP contribution in [-0.2, 0) is 9.47 Å². The molecule has 5 heterocycles. The first-order chi connectivity index (χ1) is 10.9. The van der Waals surface area contributed by atoms with Crippen molar-refractivity contribution in [3.05, 3.63) is 12.3 Å². The number of hydrogen-bond acceptors (Lipinski definition) is 6. The maximum atomic E-state index is 5.69. The Hall–Kier alpha value is -1.40. The Kier molecular flexibility index (Phi) is 3.01. The molecule has 0 aromatic carbocycles. The standard InChI is InChI=1S/C16H22N4O2/c1-2-12-8-21-7-11(1)19(12)15-5-6-17-16(18-15)20-13-3-4-14(20)10-22-9-13/h5-6,11-14H,1-4,7-10H2. The number of aromatic nitrogens is 2. The molecule has 0 saturated carbocycles. The molecule has 118 valence electrons. The van der Waals surface area contributed by atoms with E-state index < -0.39 is 0 Å². The topological polar surface area (TPSA) is 50.7 Å². The van der Waals surface area contributed by atoms with Gasteiger partial charge in [0.15, 0.2) is 0 Å². The van der Waals surface area contributed by atoms with Crippen LogP contribution in [0.2, 0.25) is 0 Å². The molecule has 6 nitrogen and oxygen atoms in total. The molecular formula is C16H22N4O2. The third kappa shape index (κ3) is 1.93. The zero-order chi connectivity index (χ0) is 14.5. The molecule has 4 saturated heterocycles. The first-order valence-electron chi connectivity index (χ1n) is 8.45. The first kappa shape index (κ1) is 13.1. The van der Waals surface area contributed by atoms with Crippen LogP contribution >= 0.6 is 0 Å². The summed E-state index contributed by atoms with van der Waals surface area (Å²) in [6.07, 6.45) is 6.74. The molecule has 1 aromatic rings. The number of ether oxygens (including phenoxy) is 2. The minimum absolute atomic E-state index is 0.454. The highest BCUT2D eigenvalue weighted by atomic mass is 16.5. The Morgan fingerprint density at radius 3 is 1.95 bits per heavy atom. The Morgan fingerprint density at radius 1 is 0.818 bits per heavy atom. The molecule has 6 heteroatoms. The average Bonchev–Trinajstić information content (AvgIpc) is 2.96. The summed E-state index contributed by atoms with van der Waals surface area (Å²) in [6.45, 7) is 3.29. The summed E-state index contributed by atoms with van der Waals surface area (Å²) in [5, 5.41) is 0. The van der Waals surface area contributed by atoms with Crippen molar-refractivity contribution in [1.82, 2.24) is 9.97 Å². The molecule has 0 amide bonds. The summed E-state index contributed by atoms with van der Waals surface area (Å²) in [5.74, 6) is 1.96. The Morgan fingerprint density at radius 2 is 1.36 bits per heavy atom. The second-order valence-corrected chi connectivity index (χ2v) is 6.87. The fourth-order valence-electron chi connectivity index (χ4n) is 4.57. The lowest BCUT2D eigenvalue weighted by Crippen LogP contribution is -2.48. The van der Waals surface area contributed by atoms with Gasteiger partial charge in [-0.15, -0.1) is 0 Å². The molecule has 4 fully saturated rings. The fourth-order valence-corrected chi connectivity index (χ4v) is 4.57. The fraction of sp³-hybridized carbons (Fsp3) is 0.750. The number of rotatable bonds is 2. The molecule has 1 aromatic heterocycles. The molecule has 0 aliphatic carbocycles. The van der Waals surface area contributed by atoms with Crippen LogP contribution in [0, 0.1) is 0 Å². The van der Waals surface area contributed by atoms with E-state index in [1.165, 1.54) is 25.7 Å². The van der Waals surface area contributed by atoms with Crippen molar-refractivity contribution < 1.29 is 9.47 Å². The van der Waals surface area contributed by atoms with E-state index in [1.807, 2.05) is 6.20 Å². The van der Waals surface area contributed by atoms with Gasteiger partial charge in [-0.25, -0.2) is 4.98 Å². The van der Waals surface area contributed by atoms with E-state index in [-0.39, 0.29) is 0 Å². The van der Waals surface area contributed by atoms with Gasteiger partial charge in [-0.1, -0.05) is 0 Å². The SMILES string of the molecule is c1cc(N2C3CCC2COC3)nc(N2C3CCC2COC3)n1. The molecule has 4 unspecified atom stereocenters. The van der Waals surface area contributed by atoms with Gasteiger partial charge in [-0.05, 0) is 31.7 Å². The molecular weight excluding hydrogens is 280 g/mol. The van der Waals surface area contributed by atoms with Gasteiger partial charge in [-0.2, -0.15) is 4.98 Å². The van der Waals surface area contributed by atoms with E-state index >= 15 is 0 Å². The van der Waals surface area contributed by atoms with Gasteiger partial charge < -0.3 is 19.3 Å². The number of nitrogens with zero attached hydrogens (tertiary/aromatic N) is 4. The van der Waals surface area contributed by atoms with Gasteiger partial charge >= 0.3 is 0 Å². The average molecular weight is 302 g/mol. The lowest BCUT2D eigenvalue weighted by atomic mass is 10.2. The molecule has 0 spiro atoms. The van der Waals surface area contributed by atoms with Crippen molar-refractivity contribution in [1.29, 1.82) is 0 Å². The molecule has 22 heavy (non-hydrogen) atoms. The highest BCUT2D eigenvalue weighted by Crippen LogP contribution is 2.35. The number of fused-ring (bicyclic) bond motifs is 4. The lowest BCUT2D eigenvalue weighted by molar-refractivity contribution is 0.0888. The summed E-state index contributed by atoms with van der Waals surface area (Å²) in [5.41, 5.74) is 0. The molecule has 0 N–H and O–H groups in total. The lowest BCUT2D eigenvalue weighted by Gasteiger charge is -2.37. The van der Waals surface area contributed by atoms with Gasteiger partial charge in [0, 0.05) is 6.20 Å². The van der Waals surface area contributed by atoms with Crippen LogP contribution in [0.3, 0.4) is 0 Å². The van der Waals surface area contributed by atoms with E-state index in [0.717, 1.165) is 38.2 Å². The van der Waals surface area contributed by atoms with Crippen molar-refractivity contribution in [2.75, 3.05) is 36.2 Å². The summed E-state index contributed by atoms with van der Waals surface area (Å²) in [6, 6.07) is 3.94. The van der Waals surface area contributed by atoms with Crippen LogP contribution in [0.25, 0.3) is 0 Å². The van der Waals surface area contributed by atoms with Gasteiger partial charge in [0.2, 0.25) is 5.95 Å². The zero-order valence-corrected chi connectivity index (χ0v) is 12.7. The van der Waals surface area contributed by atoms with Crippen molar-refractivity contribution in [3.63, 3.8) is 0 Å². The number of anilines is 2.